The molecule has 3 aromatic rings. The lowest BCUT2D eigenvalue weighted by molar-refractivity contribution is 0.00421. The summed E-state index contributed by atoms with van der Waals surface area (Å²) in [5.74, 6) is 0. The Morgan fingerprint density at radius 1 is 1.46 bits per heavy atom. The van der Waals surface area contributed by atoms with Gasteiger partial charge in [-0.25, -0.2) is 16.5 Å². The number of methoxy groups -OCH3 is 1. The number of nitriles is 1. The second-order valence-corrected chi connectivity index (χ2v) is 6.82. The molecule has 130 valence electrons. The minimum absolute atomic E-state index is 0.304. The zero-order valence-corrected chi connectivity index (χ0v) is 14.3. The second-order valence-electron chi connectivity index (χ2n) is 6.82. The van der Waals surface area contributed by atoms with Gasteiger partial charge in [0.2, 0.25) is 0 Å². The van der Waals surface area contributed by atoms with E-state index in [1.165, 1.54) is 6.33 Å². The monoisotopic (exact) mass is 347 g/mol. The molecule has 0 unspecified atom stereocenters. The first kappa shape index (κ1) is 16.2. The molecule has 8 heteroatoms. The van der Waals surface area contributed by atoms with E-state index in [0.29, 0.717) is 25.9 Å². The third-order valence-corrected chi connectivity index (χ3v) is 5.07. The van der Waals surface area contributed by atoms with E-state index in [2.05, 4.69) is 31.0 Å². The average Bonchev–Trinajstić information content (AvgIpc) is 3.28. The fraction of sp³-hybridized carbons (Fsp3) is 0.389. The number of ether oxygens (including phenoxy) is 1. The average molecular weight is 347 g/mol. The summed E-state index contributed by atoms with van der Waals surface area (Å²) in [6.45, 7) is 7.88. The van der Waals surface area contributed by atoms with E-state index < -0.39 is 11.1 Å². The van der Waals surface area contributed by atoms with Crippen LogP contribution in [-0.4, -0.2) is 44.0 Å². The number of aromatic nitrogens is 5. The van der Waals surface area contributed by atoms with Crippen molar-refractivity contribution in [2.24, 2.45) is 0 Å². The third kappa shape index (κ3) is 2.35. The first-order valence-electron chi connectivity index (χ1n) is 8.23. The van der Waals surface area contributed by atoms with E-state index >= 15 is 0 Å². The highest BCUT2D eigenvalue weighted by atomic mass is 16.5. The van der Waals surface area contributed by atoms with E-state index in [1.807, 2.05) is 23.1 Å². The summed E-state index contributed by atoms with van der Waals surface area (Å²) in [5, 5.41) is 14.7. The largest absolute Gasteiger partial charge is 0.376 e. The zero-order valence-electron chi connectivity index (χ0n) is 14.3. The van der Waals surface area contributed by atoms with Crippen molar-refractivity contribution in [3.05, 3.63) is 42.4 Å². The van der Waals surface area contributed by atoms with Gasteiger partial charge in [-0.1, -0.05) is 0 Å². The molecular formula is C18H17N7O. The number of H-pyrrole nitrogens is 1. The van der Waals surface area contributed by atoms with Crippen LogP contribution in [0.5, 0.6) is 0 Å². The molecule has 0 spiro atoms. The van der Waals surface area contributed by atoms with Crippen LogP contribution < -0.4 is 0 Å². The molecular weight excluding hydrogens is 330 g/mol. The Morgan fingerprint density at radius 2 is 2.31 bits per heavy atom. The maximum absolute atomic E-state index is 9.31. The van der Waals surface area contributed by atoms with E-state index in [4.69, 9.17) is 11.3 Å². The Balaban J connectivity index is 1.70. The van der Waals surface area contributed by atoms with Gasteiger partial charge < -0.3 is 14.6 Å². The molecule has 1 aliphatic rings. The van der Waals surface area contributed by atoms with E-state index in [9.17, 15) is 5.26 Å². The van der Waals surface area contributed by atoms with Gasteiger partial charge >= 0.3 is 0 Å². The summed E-state index contributed by atoms with van der Waals surface area (Å²) >= 11 is 0. The Hall–Kier alpha value is -3.23. The zero-order chi connectivity index (χ0) is 18.2. The molecule has 1 aliphatic carbocycles. The van der Waals surface area contributed by atoms with Crippen molar-refractivity contribution in [3.63, 3.8) is 0 Å². The summed E-state index contributed by atoms with van der Waals surface area (Å²) in [6.07, 6.45) is 8.41. The summed E-state index contributed by atoms with van der Waals surface area (Å²) in [4.78, 5) is 15.4. The fourth-order valence-electron chi connectivity index (χ4n) is 3.98. The minimum Gasteiger partial charge on any atom is -0.376 e. The third-order valence-electron chi connectivity index (χ3n) is 5.07. The fourth-order valence-corrected chi connectivity index (χ4v) is 3.98. The maximum atomic E-state index is 9.31. The smallest absolute Gasteiger partial charge is 0.260 e. The van der Waals surface area contributed by atoms with Crippen LogP contribution in [0.15, 0.2) is 31.0 Å². The van der Waals surface area contributed by atoms with Gasteiger partial charge in [0, 0.05) is 30.5 Å². The van der Waals surface area contributed by atoms with Gasteiger partial charge in [-0.05, 0) is 6.07 Å². The molecule has 0 radical (unpaired) electrons. The molecule has 1 N–H and O–H groups in total. The lowest BCUT2D eigenvalue weighted by Gasteiger charge is -2.47. The van der Waals surface area contributed by atoms with Crippen molar-refractivity contribution in [2.45, 2.75) is 30.3 Å². The van der Waals surface area contributed by atoms with Gasteiger partial charge in [0.25, 0.3) is 5.54 Å². The van der Waals surface area contributed by atoms with Gasteiger partial charge in [-0.15, -0.1) is 0 Å². The molecule has 8 nitrogen and oxygen atoms in total. The van der Waals surface area contributed by atoms with Crippen molar-refractivity contribution < 1.29 is 4.74 Å². The molecule has 26 heavy (non-hydrogen) atoms. The Morgan fingerprint density at radius 3 is 3.04 bits per heavy atom. The number of fused-ring (bicyclic) bond motifs is 1. The summed E-state index contributed by atoms with van der Waals surface area (Å²) in [6, 6.07) is 4.18. The van der Waals surface area contributed by atoms with Crippen molar-refractivity contribution in [1.29, 1.82) is 5.26 Å². The number of hydrogen-bond donors (Lipinski definition) is 1. The molecule has 0 aliphatic heterocycles. The molecule has 0 bridgehead atoms. The molecule has 0 atom stereocenters. The SMILES string of the molecule is [C-]#[N+]C1(COC)CC(CC#N)(n2cc(-c3ncnc4[nH]ccc34)cn2)C1. The summed E-state index contributed by atoms with van der Waals surface area (Å²) < 4.78 is 7.04. The van der Waals surface area contributed by atoms with E-state index in [0.717, 1.165) is 22.3 Å². The van der Waals surface area contributed by atoms with Gasteiger partial charge in [0.1, 0.15) is 18.6 Å². The first-order chi connectivity index (χ1) is 12.7. The summed E-state index contributed by atoms with van der Waals surface area (Å²) in [5.41, 5.74) is 1.38. The number of nitrogens with one attached hydrogen (secondary N) is 1. The number of rotatable bonds is 5. The van der Waals surface area contributed by atoms with Gasteiger partial charge in [-0.2, -0.15) is 10.4 Å². The van der Waals surface area contributed by atoms with Gasteiger partial charge in [0.05, 0.1) is 42.8 Å². The standard InChI is InChI=1S/C18H17N7O/c1-20-17(11-26-2)9-18(10-17,4-5-19)25-8-13(7-24-25)15-14-3-6-21-16(14)23-12-22-15/h3,6-8,12H,4,9-11H2,2H3,(H,21,22,23). The van der Waals surface area contributed by atoms with E-state index in [1.54, 1.807) is 13.3 Å². The second kappa shape index (κ2) is 5.94. The maximum Gasteiger partial charge on any atom is 0.260 e. The van der Waals surface area contributed by atoms with Crippen LogP contribution in [0.25, 0.3) is 27.1 Å². The molecule has 3 heterocycles. The first-order valence-corrected chi connectivity index (χ1v) is 8.23. The van der Waals surface area contributed by atoms with Crippen molar-refractivity contribution in [2.75, 3.05) is 13.7 Å². The van der Waals surface area contributed by atoms with Crippen LogP contribution in [0.1, 0.15) is 19.3 Å². The van der Waals surface area contributed by atoms with Crippen LogP contribution in [0.4, 0.5) is 0 Å². The molecule has 0 aromatic carbocycles. The molecule has 1 fully saturated rings. The van der Waals surface area contributed by atoms with Crippen LogP contribution in [0, 0.1) is 17.9 Å². The van der Waals surface area contributed by atoms with Gasteiger partial charge in [-0.3, -0.25) is 4.68 Å². The molecule has 3 aromatic heterocycles. The van der Waals surface area contributed by atoms with Crippen molar-refractivity contribution >= 4 is 11.0 Å². The lowest BCUT2D eigenvalue weighted by Crippen LogP contribution is -2.58. The highest BCUT2D eigenvalue weighted by Gasteiger charge is 2.62. The minimum atomic E-state index is -0.569. The van der Waals surface area contributed by atoms with Crippen molar-refractivity contribution in [1.82, 2.24) is 24.7 Å². The molecule has 4 rings (SSSR count). The predicted molar refractivity (Wildman–Crippen MR) is 93.8 cm³/mol. The Labute approximate surface area is 150 Å². The normalized spacial score (nSPS) is 24.7. The summed E-state index contributed by atoms with van der Waals surface area (Å²) in [7, 11) is 1.60. The van der Waals surface area contributed by atoms with Crippen LogP contribution in [-0.2, 0) is 10.3 Å². The Kier molecular flexibility index (Phi) is 3.71. The highest BCUT2D eigenvalue weighted by molar-refractivity contribution is 5.89. The molecule has 0 saturated heterocycles. The topological polar surface area (TPSA) is 96.8 Å². The number of aromatic amines is 1. The van der Waals surface area contributed by atoms with Crippen LogP contribution >= 0.6 is 0 Å². The highest BCUT2D eigenvalue weighted by Crippen LogP contribution is 2.51. The number of nitrogens with zero attached hydrogens (tertiary/aromatic N) is 6. The molecule has 1 saturated carbocycles. The van der Waals surface area contributed by atoms with E-state index in [-0.39, 0.29) is 0 Å². The van der Waals surface area contributed by atoms with Crippen LogP contribution in [0.3, 0.4) is 0 Å². The lowest BCUT2D eigenvalue weighted by atomic mass is 9.62. The Bertz CT molecular complexity index is 1030. The quantitative estimate of drug-likeness (QED) is 0.715. The predicted octanol–water partition coefficient (Wildman–Crippen LogP) is 2.53. The van der Waals surface area contributed by atoms with Crippen LogP contribution in [0.2, 0.25) is 0 Å². The number of hydrogen-bond acceptors (Lipinski definition) is 5. The van der Waals surface area contributed by atoms with Gasteiger partial charge in [0.15, 0.2) is 0 Å². The van der Waals surface area contributed by atoms with Crippen molar-refractivity contribution in [3.8, 4) is 17.3 Å². The molecule has 0 amide bonds.